The zero-order valence-corrected chi connectivity index (χ0v) is 19.7. The predicted molar refractivity (Wildman–Crippen MR) is 118 cm³/mol. The SMILES string of the molecule is O=C(NCc1ccc(F)c(-c2cnc(C(F)(F)F)s2)c1)[C@@H]1C[C@@H](F)CN1S(=O)(=O)c1ccc(F)cc1. The summed E-state index contributed by atoms with van der Waals surface area (Å²) in [7, 11) is -4.30. The molecule has 1 aromatic heterocycles. The highest BCUT2D eigenvalue weighted by atomic mass is 32.2. The second-order valence-electron chi connectivity index (χ2n) is 7.94. The molecule has 6 nitrogen and oxygen atoms in total. The van der Waals surface area contributed by atoms with E-state index in [0.29, 0.717) is 9.87 Å². The van der Waals surface area contributed by atoms with E-state index >= 15 is 0 Å². The van der Waals surface area contributed by atoms with E-state index in [1.54, 1.807) is 0 Å². The first-order valence-corrected chi connectivity index (χ1v) is 12.6. The number of amides is 1. The Hall–Kier alpha value is -2.97. The van der Waals surface area contributed by atoms with Crippen molar-refractivity contribution in [3.63, 3.8) is 0 Å². The molecule has 1 fully saturated rings. The van der Waals surface area contributed by atoms with Gasteiger partial charge in [-0.2, -0.15) is 17.5 Å². The van der Waals surface area contributed by atoms with Crippen molar-refractivity contribution >= 4 is 27.3 Å². The molecule has 2 atom stereocenters. The summed E-state index contributed by atoms with van der Waals surface area (Å²) in [4.78, 5) is 15.7. The molecule has 1 N–H and O–H groups in total. The Balaban J connectivity index is 1.50. The normalized spacial score (nSPS) is 18.9. The van der Waals surface area contributed by atoms with Gasteiger partial charge in [-0.25, -0.2) is 26.6 Å². The van der Waals surface area contributed by atoms with Gasteiger partial charge in [0.05, 0.1) is 9.77 Å². The van der Waals surface area contributed by atoms with Gasteiger partial charge in [-0.05, 0) is 42.0 Å². The largest absolute Gasteiger partial charge is 0.443 e. The number of hydrogen-bond donors (Lipinski definition) is 1. The molecule has 0 radical (unpaired) electrons. The standard InChI is InChI=1S/C22H17F6N3O3S2/c23-13-2-4-15(5-3-13)36(33,34)31-11-14(24)8-18(31)20(32)29-9-12-1-6-17(25)16(7-12)19-10-30-21(35-19)22(26,27)28/h1-7,10,14,18H,8-9,11H2,(H,29,32)/t14-,18+/m1/s1. The summed E-state index contributed by atoms with van der Waals surface area (Å²) in [6.07, 6.45) is -5.79. The summed E-state index contributed by atoms with van der Waals surface area (Å²) < 4.78 is 107. The van der Waals surface area contributed by atoms with Crippen LogP contribution >= 0.6 is 11.3 Å². The fraction of sp³-hybridized carbons (Fsp3) is 0.273. The average Bonchev–Trinajstić information content (AvgIpc) is 3.46. The lowest BCUT2D eigenvalue weighted by molar-refractivity contribution is -0.137. The first-order chi connectivity index (χ1) is 16.9. The van der Waals surface area contributed by atoms with Crippen LogP contribution in [0.3, 0.4) is 0 Å². The minimum Gasteiger partial charge on any atom is -0.351 e. The van der Waals surface area contributed by atoms with Gasteiger partial charge < -0.3 is 5.32 Å². The molecular weight excluding hydrogens is 532 g/mol. The Morgan fingerprint density at radius 2 is 1.83 bits per heavy atom. The summed E-state index contributed by atoms with van der Waals surface area (Å²) in [6.45, 7) is -0.791. The van der Waals surface area contributed by atoms with E-state index in [9.17, 15) is 39.6 Å². The van der Waals surface area contributed by atoms with E-state index in [0.717, 1.165) is 36.5 Å². The van der Waals surface area contributed by atoms with E-state index in [-0.39, 0.29) is 33.2 Å². The lowest BCUT2D eigenvalue weighted by atomic mass is 10.1. The molecule has 2 aromatic carbocycles. The van der Waals surface area contributed by atoms with E-state index < -0.39 is 63.9 Å². The lowest BCUT2D eigenvalue weighted by Crippen LogP contribution is -2.45. The van der Waals surface area contributed by atoms with Gasteiger partial charge in [0.1, 0.15) is 23.8 Å². The first kappa shape index (κ1) is 26.1. The number of rotatable bonds is 6. The summed E-state index contributed by atoms with van der Waals surface area (Å²) in [5.74, 6) is -2.28. The summed E-state index contributed by atoms with van der Waals surface area (Å²) in [6, 6.07) is 6.04. The fourth-order valence-electron chi connectivity index (χ4n) is 3.71. The van der Waals surface area contributed by atoms with Crippen LogP contribution in [-0.4, -0.2) is 42.4 Å². The number of hydrogen-bond acceptors (Lipinski definition) is 5. The quantitative estimate of drug-likeness (QED) is 0.459. The minimum atomic E-state index is -4.68. The van der Waals surface area contributed by atoms with Crippen LogP contribution in [-0.2, 0) is 27.5 Å². The van der Waals surface area contributed by atoms with Crippen LogP contribution in [0.2, 0.25) is 0 Å². The van der Waals surface area contributed by atoms with Gasteiger partial charge in [-0.3, -0.25) is 4.79 Å². The number of alkyl halides is 4. The highest BCUT2D eigenvalue weighted by Crippen LogP contribution is 2.37. The van der Waals surface area contributed by atoms with Crippen molar-refractivity contribution in [1.82, 2.24) is 14.6 Å². The van der Waals surface area contributed by atoms with Crippen molar-refractivity contribution in [3.8, 4) is 10.4 Å². The lowest BCUT2D eigenvalue weighted by Gasteiger charge is -2.23. The van der Waals surface area contributed by atoms with Crippen LogP contribution in [0, 0.1) is 11.6 Å². The molecule has 1 saturated heterocycles. The number of halogens is 6. The van der Waals surface area contributed by atoms with Gasteiger partial charge in [0.15, 0.2) is 5.01 Å². The molecular formula is C22H17F6N3O3S2. The van der Waals surface area contributed by atoms with E-state index in [1.165, 1.54) is 12.1 Å². The van der Waals surface area contributed by atoms with E-state index in [1.807, 2.05) is 0 Å². The molecule has 0 saturated carbocycles. The van der Waals surface area contributed by atoms with Crippen LogP contribution in [0.5, 0.6) is 0 Å². The Morgan fingerprint density at radius 3 is 2.47 bits per heavy atom. The molecule has 0 unspecified atom stereocenters. The van der Waals surface area contributed by atoms with Crippen molar-refractivity contribution in [1.29, 1.82) is 0 Å². The molecule has 192 valence electrons. The fourth-order valence-corrected chi connectivity index (χ4v) is 6.14. The summed E-state index contributed by atoms with van der Waals surface area (Å²) in [5.41, 5.74) is 0.157. The molecule has 36 heavy (non-hydrogen) atoms. The maximum absolute atomic E-state index is 14.3. The number of carbonyl (C=O) groups is 1. The highest BCUT2D eigenvalue weighted by molar-refractivity contribution is 7.89. The Kier molecular flexibility index (Phi) is 7.12. The molecule has 0 aliphatic carbocycles. The van der Waals surface area contributed by atoms with Crippen molar-refractivity contribution in [2.24, 2.45) is 0 Å². The molecule has 0 bridgehead atoms. The first-order valence-electron chi connectivity index (χ1n) is 10.4. The monoisotopic (exact) mass is 549 g/mol. The smallest absolute Gasteiger partial charge is 0.351 e. The molecule has 1 aliphatic rings. The van der Waals surface area contributed by atoms with Gasteiger partial charge in [0.25, 0.3) is 0 Å². The van der Waals surface area contributed by atoms with E-state index in [2.05, 4.69) is 10.3 Å². The van der Waals surface area contributed by atoms with Crippen molar-refractivity contribution in [2.75, 3.05) is 6.54 Å². The van der Waals surface area contributed by atoms with Crippen LogP contribution in [0.4, 0.5) is 26.3 Å². The van der Waals surface area contributed by atoms with Crippen molar-refractivity contribution in [2.45, 2.75) is 36.3 Å². The number of thiazole rings is 1. The highest BCUT2D eigenvalue weighted by Gasteiger charge is 2.44. The Labute approximate surface area is 205 Å². The van der Waals surface area contributed by atoms with Crippen LogP contribution in [0.25, 0.3) is 10.4 Å². The van der Waals surface area contributed by atoms with Crippen molar-refractivity contribution in [3.05, 3.63) is 70.9 Å². The maximum Gasteiger partial charge on any atom is 0.443 e. The number of carbonyl (C=O) groups excluding carboxylic acids is 1. The van der Waals surface area contributed by atoms with Crippen LogP contribution < -0.4 is 5.32 Å². The molecule has 4 rings (SSSR count). The summed E-state index contributed by atoms with van der Waals surface area (Å²) in [5, 5.41) is 1.33. The maximum atomic E-state index is 14.3. The molecule has 3 aromatic rings. The Morgan fingerprint density at radius 1 is 1.14 bits per heavy atom. The number of nitrogens with one attached hydrogen (secondary N) is 1. The Bertz CT molecular complexity index is 1380. The van der Waals surface area contributed by atoms with Gasteiger partial charge >= 0.3 is 6.18 Å². The second kappa shape index (κ2) is 9.82. The zero-order valence-electron chi connectivity index (χ0n) is 18.1. The average molecular weight is 550 g/mol. The third kappa shape index (κ3) is 5.39. The number of aromatic nitrogens is 1. The summed E-state index contributed by atoms with van der Waals surface area (Å²) >= 11 is 0.261. The van der Waals surface area contributed by atoms with Crippen LogP contribution in [0.15, 0.2) is 53.6 Å². The van der Waals surface area contributed by atoms with Crippen molar-refractivity contribution < 1.29 is 39.6 Å². The van der Waals surface area contributed by atoms with E-state index in [4.69, 9.17) is 0 Å². The number of nitrogens with zero attached hydrogens (tertiary/aromatic N) is 2. The van der Waals surface area contributed by atoms with Gasteiger partial charge in [0, 0.05) is 31.3 Å². The molecule has 2 heterocycles. The number of benzene rings is 2. The molecule has 0 spiro atoms. The third-order valence-electron chi connectivity index (χ3n) is 5.44. The molecule has 1 aliphatic heterocycles. The second-order valence-corrected chi connectivity index (χ2v) is 10.9. The topological polar surface area (TPSA) is 79.4 Å². The number of sulfonamides is 1. The minimum absolute atomic E-state index is 0.0689. The van der Waals surface area contributed by atoms with Gasteiger partial charge in [-0.15, -0.1) is 11.3 Å². The van der Waals surface area contributed by atoms with Gasteiger partial charge in [-0.1, -0.05) is 6.07 Å². The molecule has 1 amide bonds. The zero-order chi connectivity index (χ0) is 26.3. The molecule has 14 heteroatoms. The van der Waals surface area contributed by atoms with Gasteiger partial charge in [0.2, 0.25) is 15.9 Å². The third-order valence-corrected chi connectivity index (χ3v) is 8.40. The predicted octanol–water partition coefficient (Wildman–Crippen LogP) is 4.52. The van der Waals surface area contributed by atoms with Crippen LogP contribution in [0.1, 0.15) is 17.0 Å².